The quantitative estimate of drug-likeness (QED) is 0.625. The van der Waals surface area contributed by atoms with E-state index in [9.17, 15) is 4.79 Å². The van der Waals surface area contributed by atoms with E-state index in [-0.39, 0.29) is 17.4 Å². The molecule has 4 heteroatoms. The van der Waals surface area contributed by atoms with Crippen LogP contribution in [0.1, 0.15) is 44.7 Å². The molecule has 138 valence electrons. The summed E-state index contributed by atoms with van der Waals surface area (Å²) in [6.07, 6.45) is -0.237. The molecule has 0 aliphatic carbocycles. The van der Waals surface area contributed by atoms with E-state index in [0.29, 0.717) is 13.1 Å². The fourth-order valence-corrected chi connectivity index (χ4v) is 4.00. The molecule has 0 spiro atoms. The summed E-state index contributed by atoms with van der Waals surface area (Å²) in [5.41, 5.74) is 1.83. The van der Waals surface area contributed by atoms with Crippen molar-refractivity contribution in [1.82, 2.24) is 4.90 Å². The molecule has 2 atom stereocenters. The van der Waals surface area contributed by atoms with Crippen LogP contribution in [0.2, 0.25) is 0 Å². The minimum atomic E-state index is -0.490. The summed E-state index contributed by atoms with van der Waals surface area (Å²) in [4.78, 5) is 14.6. The fraction of sp³-hybridized carbons (Fsp3) is 0.409. The van der Waals surface area contributed by atoms with Gasteiger partial charge in [-0.3, -0.25) is 0 Å². The van der Waals surface area contributed by atoms with Crippen LogP contribution in [0.15, 0.2) is 59.1 Å². The molecule has 0 radical (unpaired) electrons. The van der Waals surface area contributed by atoms with Gasteiger partial charge in [0.15, 0.2) is 0 Å². The lowest BCUT2D eigenvalue weighted by atomic mass is 9.71. The van der Waals surface area contributed by atoms with E-state index in [1.54, 1.807) is 0 Å². The van der Waals surface area contributed by atoms with Crippen LogP contribution in [0.25, 0.3) is 0 Å². The monoisotopic (exact) mass is 415 g/mol. The number of likely N-dealkylation sites (tertiary alicyclic amines) is 1. The highest BCUT2D eigenvalue weighted by atomic mass is 79.9. The lowest BCUT2D eigenvalue weighted by molar-refractivity contribution is 0.0284. The lowest BCUT2D eigenvalue weighted by Crippen LogP contribution is -2.37. The van der Waals surface area contributed by atoms with Crippen molar-refractivity contribution in [3.05, 3.63) is 70.2 Å². The Morgan fingerprint density at radius 3 is 2.31 bits per heavy atom. The summed E-state index contributed by atoms with van der Waals surface area (Å²) in [6.45, 7) is 9.27. The third-order valence-corrected chi connectivity index (χ3v) is 5.58. The van der Waals surface area contributed by atoms with Crippen LogP contribution >= 0.6 is 15.9 Å². The van der Waals surface area contributed by atoms with Gasteiger partial charge < -0.3 is 9.64 Å². The molecule has 1 fully saturated rings. The third kappa shape index (κ3) is 3.96. The normalized spacial score (nSPS) is 23.1. The number of benzene rings is 2. The molecule has 1 amide bonds. The van der Waals surface area contributed by atoms with Gasteiger partial charge in [-0.2, -0.15) is 0 Å². The maximum atomic E-state index is 12.7. The third-order valence-electron chi connectivity index (χ3n) is 5.05. The first-order chi connectivity index (χ1) is 12.2. The molecule has 0 saturated carbocycles. The molecule has 1 aliphatic heterocycles. The first kappa shape index (κ1) is 19.0. The molecule has 2 aromatic carbocycles. The van der Waals surface area contributed by atoms with Gasteiger partial charge in [-0.25, -0.2) is 4.79 Å². The van der Waals surface area contributed by atoms with E-state index in [1.165, 1.54) is 11.1 Å². The average Bonchev–Trinajstić information content (AvgIpc) is 2.94. The van der Waals surface area contributed by atoms with Crippen LogP contribution in [0.5, 0.6) is 0 Å². The summed E-state index contributed by atoms with van der Waals surface area (Å²) in [7, 11) is 0. The maximum absolute atomic E-state index is 12.7. The highest BCUT2D eigenvalue weighted by molar-refractivity contribution is 9.10. The largest absolute Gasteiger partial charge is 0.444 e. The number of nitrogens with zero attached hydrogens (tertiary/aromatic N) is 1. The Morgan fingerprint density at radius 2 is 1.73 bits per heavy atom. The molecule has 0 aromatic heterocycles. The summed E-state index contributed by atoms with van der Waals surface area (Å²) in [5.74, 6) is 0.220. The maximum Gasteiger partial charge on any atom is 0.410 e. The van der Waals surface area contributed by atoms with Crippen molar-refractivity contribution >= 4 is 22.0 Å². The molecule has 0 unspecified atom stereocenters. The minimum Gasteiger partial charge on any atom is -0.444 e. The van der Waals surface area contributed by atoms with Gasteiger partial charge >= 0.3 is 6.09 Å². The Balaban J connectivity index is 1.96. The van der Waals surface area contributed by atoms with Crippen LogP contribution in [-0.2, 0) is 10.2 Å². The predicted octanol–water partition coefficient (Wildman–Crippen LogP) is 5.74. The Hall–Kier alpha value is -1.81. The standard InChI is InChI=1S/C22H26BrNO2/c1-21(2,3)26-20(25)24-14-19(16-8-6-5-7-9-16)22(4,15-24)17-10-12-18(23)13-11-17/h5-13,19H,14-15H2,1-4H3/t19-,22+/m1/s1. The van der Waals surface area contributed by atoms with Crippen LogP contribution in [-0.4, -0.2) is 29.7 Å². The number of amides is 1. The summed E-state index contributed by atoms with van der Waals surface area (Å²) in [5, 5.41) is 0. The van der Waals surface area contributed by atoms with Crippen molar-refractivity contribution < 1.29 is 9.53 Å². The molecule has 3 rings (SSSR count). The van der Waals surface area contributed by atoms with Crippen LogP contribution in [0.3, 0.4) is 0 Å². The molecular weight excluding hydrogens is 390 g/mol. The fourth-order valence-electron chi connectivity index (χ4n) is 3.74. The number of hydrogen-bond acceptors (Lipinski definition) is 2. The SMILES string of the molecule is CC(C)(C)OC(=O)N1C[C@H](c2ccccc2)[C@](C)(c2ccc(Br)cc2)C1. The number of carbonyl (C=O) groups is 1. The van der Waals surface area contributed by atoms with Gasteiger partial charge in [-0.1, -0.05) is 65.3 Å². The average molecular weight is 416 g/mol. The van der Waals surface area contributed by atoms with Crippen molar-refractivity contribution in [1.29, 1.82) is 0 Å². The van der Waals surface area contributed by atoms with Gasteiger partial charge in [0.2, 0.25) is 0 Å². The first-order valence-corrected chi connectivity index (χ1v) is 9.77. The Bertz CT molecular complexity index is 767. The number of carbonyl (C=O) groups excluding carboxylic acids is 1. The van der Waals surface area contributed by atoms with Gasteiger partial charge in [0.1, 0.15) is 5.60 Å². The van der Waals surface area contributed by atoms with E-state index >= 15 is 0 Å². The summed E-state index contributed by atoms with van der Waals surface area (Å²) < 4.78 is 6.69. The second-order valence-electron chi connectivity index (χ2n) is 8.25. The van der Waals surface area contributed by atoms with Gasteiger partial charge in [0, 0.05) is 28.9 Å². The molecule has 1 heterocycles. The molecule has 1 aliphatic rings. The van der Waals surface area contributed by atoms with Crippen molar-refractivity contribution in [3.8, 4) is 0 Å². The van der Waals surface area contributed by atoms with E-state index in [1.807, 2.05) is 31.7 Å². The Morgan fingerprint density at radius 1 is 1.12 bits per heavy atom. The summed E-state index contributed by atoms with van der Waals surface area (Å²) in [6, 6.07) is 18.9. The van der Waals surface area contributed by atoms with E-state index < -0.39 is 5.60 Å². The number of ether oxygens (including phenoxy) is 1. The van der Waals surface area contributed by atoms with E-state index in [4.69, 9.17) is 4.74 Å². The Kier molecular flexibility index (Phi) is 5.16. The van der Waals surface area contributed by atoms with Crippen LogP contribution in [0, 0.1) is 0 Å². The van der Waals surface area contributed by atoms with Gasteiger partial charge in [0.25, 0.3) is 0 Å². The highest BCUT2D eigenvalue weighted by Gasteiger charge is 2.47. The molecule has 26 heavy (non-hydrogen) atoms. The van der Waals surface area contributed by atoms with Crippen LogP contribution in [0.4, 0.5) is 4.79 Å². The van der Waals surface area contributed by atoms with Crippen molar-refractivity contribution in [2.45, 2.75) is 44.6 Å². The van der Waals surface area contributed by atoms with Gasteiger partial charge in [-0.15, -0.1) is 0 Å². The molecule has 3 nitrogen and oxygen atoms in total. The van der Waals surface area contributed by atoms with Crippen molar-refractivity contribution in [2.75, 3.05) is 13.1 Å². The van der Waals surface area contributed by atoms with E-state index in [2.05, 4.69) is 71.4 Å². The van der Waals surface area contributed by atoms with Crippen LogP contribution < -0.4 is 0 Å². The number of hydrogen-bond donors (Lipinski definition) is 0. The zero-order chi connectivity index (χ0) is 18.9. The zero-order valence-electron chi connectivity index (χ0n) is 15.8. The van der Waals surface area contributed by atoms with E-state index in [0.717, 1.165) is 4.47 Å². The Labute approximate surface area is 164 Å². The zero-order valence-corrected chi connectivity index (χ0v) is 17.4. The minimum absolute atomic E-state index is 0.168. The second-order valence-corrected chi connectivity index (χ2v) is 9.16. The smallest absolute Gasteiger partial charge is 0.410 e. The van der Waals surface area contributed by atoms with Crippen molar-refractivity contribution in [3.63, 3.8) is 0 Å². The molecular formula is C22H26BrNO2. The molecule has 0 N–H and O–H groups in total. The number of halogens is 1. The summed E-state index contributed by atoms with van der Waals surface area (Å²) >= 11 is 3.52. The number of rotatable bonds is 2. The van der Waals surface area contributed by atoms with Gasteiger partial charge in [0.05, 0.1) is 0 Å². The molecule has 1 saturated heterocycles. The second kappa shape index (κ2) is 7.07. The van der Waals surface area contributed by atoms with Crippen molar-refractivity contribution in [2.24, 2.45) is 0 Å². The van der Waals surface area contributed by atoms with Gasteiger partial charge in [-0.05, 0) is 44.0 Å². The topological polar surface area (TPSA) is 29.5 Å². The highest BCUT2D eigenvalue weighted by Crippen LogP contribution is 2.45. The first-order valence-electron chi connectivity index (χ1n) is 8.98. The molecule has 0 bridgehead atoms. The molecule has 2 aromatic rings. The predicted molar refractivity (Wildman–Crippen MR) is 108 cm³/mol. The lowest BCUT2D eigenvalue weighted by Gasteiger charge is -2.31.